The van der Waals surface area contributed by atoms with Gasteiger partial charge in [0.25, 0.3) is 0 Å². The third-order valence-electron chi connectivity index (χ3n) is 4.12. The molecule has 0 bridgehead atoms. The lowest BCUT2D eigenvalue weighted by Gasteiger charge is -2.24. The van der Waals surface area contributed by atoms with Crippen molar-refractivity contribution in [3.05, 3.63) is 27.7 Å². The van der Waals surface area contributed by atoms with E-state index in [1.165, 1.54) is 11.1 Å². The van der Waals surface area contributed by atoms with Crippen molar-refractivity contribution in [1.82, 2.24) is 5.32 Å². The number of benzene rings is 1. The quantitative estimate of drug-likeness (QED) is 0.926. The van der Waals surface area contributed by atoms with Crippen LogP contribution >= 0.6 is 15.9 Å². The molecule has 0 amide bonds. The maximum atomic E-state index is 5.85. The van der Waals surface area contributed by atoms with Crippen molar-refractivity contribution in [3.63, 3.8) is 0 Å². The van der Waals surface area contributed by atoms with Crippen molar-refractivity contribution in [1.29, 1.82) is 0 Å². The van der Waals surface area contributed by atoms with Gasteiger partial charge in [0.2, 0.25) is 0 Å². The van der Waals surface area contributed by atoms with Crippen LogP contribution in [0.15, 0.2) is 16.6 Å². The van der Waals surface area contributed by atoms with E-state index in [0.29, 0.717) is 18.1 Å². The second-order valence-electron chi connectivity index (χ2n) is 5.49. The molecule has 1 aromatic carbocycles. The van der Waals surface area contributed by atoms with Crippen molar-refractivity contribution in [2.45, 2.75) is 31.9 Å². The summed E-state index contributed by atoms with van der Waals surface area (Å²) in [7, 11) is 2.02. The number of ether oxygens (including phenoxy) is 2. The SMILES string of the molecule is CNC(c1cc(Br)cc2c1OCC2)C1COC(C)C1. The van der Waals surface area contributed by atoms with Crippen LogP contribution in [0.1, 0.15) is 30.5 Å². The predicted octanol–water partition coefficient (Wildman–Crippen LogP) is 3.07. The molecule has 2 heterocycles. The minimum atomic E-state index is 0.300. The minimum Gasteiger partial charge on any atom is -0.493 e. The fourth-order valence-corrected chi connectivity index (χ4v) is 3.78. The van der Waals surface area contributed by atoms with E-state index in [2.05, 4.69) is 40.3 Å². The second kappa shape index (κ2) is 5.43. The van der Waals surface area contributed by atoms with Crippen LogP contribution in [0.25, 0.3) is 0 Å². The first-order chi connectivity index (χ1) is 9.19. The van der Waals surface area contributed by atoms with Crippen LogP contribution in [0.3, 0.4) is 0 Å². The zero-order valence-corrected chi connectivity index (χ0v) is 13.0. The van der Waals surface area contributed by atoms with Gasteiger partial charge in [0.05, 0.1) is 19.3 Å². The van der Waals surface area contributed by atoms with E-state index in [0.717, 1.165) is 36.3 Å². The largest absolute Gasteiger partial charge is 0.493 e. The first kappa shape index (κ1) is 13.4. The third-order valence-corrected chi connectivity index (χ3v) is 4.58. The molecule has 0 radical (unpaired) electrons. The molecular weight excluding hydrogens is 306 g/mol. The first-order valence-electron chi connectivity index (χ1n) is 6.93. The summed E-state index contributed by atoms with van der Waals surface area (Å²) in [5, 5.41) is 3.46. The molecule has 1 N–H and O–H groups in total. The average Bonchev–Trinajstić information content (AvgIpc) is 2.99. The van der Waals surface area contributed by atoms with Gasteiger partial charge in [-0.2, -0.15) is 0 Å². The zero-order chi connectivity index (χ0) is 13.4. The van der Waals surface area contributed by atoms with Gasteiger partial charge in [0.15, 0.2) is 0 Å². The Balaban J connectivity index is 1.95. The molecule has 2 aliphatic heterocycles. The van der Waals surface area contributed by atoms with Gasteiger partial charge in [-0.25, -0.2) is 0 Å². The number of halogens is 1. The zero-order valence-electron chi connectivity index (χ0n) is 11.4. The number of hydrogen-bond donors (Lipinski definition) is 1. The van der Waals surface area contributed by atoms with Gasteiger partial charge in [0, 0.05) is 28.4 Å². The Kier molecular flexibility index (Phi) is 3.83. The van der Waals surface area contributed by atoms with Gasteiger partial charge in [0.1, 0.15) is 5.75 Å². The lowest BCUT2D eigenvalue weighted by molar-refractivity contribution is 0.117. The molecule has 3 nitrogen and oxygen atoms in total. The lowest BCUT2D eigenvalue weighted by atomic mass is 9.89. The average molecular weight is 326 g/mol. The normalized spacial score (nSPS) is 27.1. The summed E-state index contributed by atoms with van der Waals surface area (Å²) in [5.41, 5.74) is 2.59. The molecule has 0 aromatic heterocycles. The van der Waals surface area contributed by atoms with Crippen molar-refractivity contribution >= 4 is 15.9 Å². The highest BCUT2D eigenvalue weighted by Crippen LogP contribution is 2.41. The Morgan fingerprint density at radius 2 is 2.26 bits per heavy atom. The molecule has 1 fully saturated rings. The van der Waals surface area contributed by atoms with Crippen LogP contribution in [0.2, 0.25) is 0 Å². The Bertz CT molecular complexity index is 477. The summed E-state index contributed by atoms with van der Waals surface area (Å²) in [4.78, 5) is 0. The number of rotatable bonds is 3. The molecule has 1 saturated heterocycles. The van der Waals surface area contributed by atoms with Crippen LogP contribution < -0.4 is 10.1 Å². The molecular formula is C15H20BrNO2. The first-order valence-corrected chi connectivity index (χ1v) is 7.72. The molecule has 3 atom stereocenters. The van der Waals surface area contributed by atoms with E-state index in [1.807, 2.05) is 7.05 Å². The van der Waals surface area contributed by atoms with Crippen LogP contribution in [0.5, 0.6) is 5.75 Å². The van der Waals surface area contributed by atoms with E-state index < -0.39 is 0 Å². The third kappa shape index (κ3) is 2.54. The second-order valence-corrected chi connectivity index (χ2v) is 6.40. The van der Waals surface area contributed by atoms with Gasteiger partial charge in [-0.05, 0) is 38.1 Å². The van der Waals surface area contributed by atoms with Crippen molar-refractivity contribution < 1.29 is 9.47 Å². The Labute approximate surface area is 122 Å². The molecule has 1 aromatic rings. The lowest BCUT2D eigenvalue weighted by Crippen LogP contribution is -2.26. The van der Waals surface area contributed by atoms with Crippen molar-refractivity contribution in [2.24, 2.45) is 5.92 Å². The number of hydrogen-bond acceptors (Lipinski definition) is 3. The molecule has 4 heteroatoms. The molecule has 19 heavy (non-hydrogen) atoms. The molecule has 0 aliphatic carbocycles. The maximum absolute atomic E-state index is 5.85. The van der Waals surface area contributed by atoms with Crippen LogP contribution in [-0.2, 0) is 11.2 Å². The summed E-state index contributed by atoms with van der Waals surface area (Å²) >= 11 is 3.62. The fourth-order valence-electron chi connectivity index (χ4n) is 3.26. The molecule has 3 unspecified atom stereocenters. The highest BCUT2D eigenvalue weighted by Gasteiger charge is 2.33. The smallest absolute Gasteiger partial charge is 0.127 e. The summed E-state index contributed by atoms with van der Waals surface area (Å²) in [5.74, 6) is 1.60. The van der Waals surface area contributed by atoms with Crippen LogP contribution in [0, 0.1) is 5.92 Å². The topological polar surface area (TPSA) is 30.5 Å². The Hall–Kier alpha value is -0.580. The van der Waals surface area contributed by atoms with Gasteiger partial charge < -0.3 is 14.8 Å². The van der Waals surface area contributed by atoms with E-state index in [-0.39, 0.29) is 0 Å². The van der Waals surface area contributed by atoms with E-state index in [9.17, 15) is 0 Å². The van der Waals surface area contributed by atoms with Gasteiger partial charge in [-0.1, -0.05) is 15.9 Å². The monoisotopic (exact) mass is 325 g/mol. The van der Waals surface area contributed by atoms with E-state index >= 15 is 0 Å². The highest BCUT2D eigenvalue weighted by molar-refractivity contribution is 9.10. The van der Waals surface area contributed by atoms with Crippen molar-refractivity contribution in [2.75, 3.05) is 20.3 Å². The molecule has 3 rings (SSSR count). The number of fused-ring (bicyclic) bond motifs is 1. The summed E-state index contributed by atoms with van der Waals surface area (Å²) in [6.45, 7) is 3.77. The van der Waals surface area contributed by atoms with Crippen LogP contribution in [0.4, 0.5) is 0 Å². The van der Waals surface area contributed by atoms with E-state index in [1.54, 1.807) is 0 Å². The van der Waals surface area contributed by atoms with E-state index in [4.69, 9.17) is 9.47 Å². The minimum absolute atomic E-state index is 0.300. The Morgan fingerprint density at radius 1 is 1.42 bits per heavy atom. The summed E-state index contributed by atoms with van der Waals surface area (Å²) < 4.78 is 12.7. The molecule has 0 saturated carbocycles. The van der Waals surface area contributed by atoms with Gasteiger partial charge >= 0.3 is 0 Å². The Morgan fingerprint density at radius 3 is 2.95 bits per heavy atom. The van der Waals surface area contributed by atoms with Crippen LogP contribution in [-0.4, -0.2) is 26.4 Å². The van der Waals surface area contributed by atoms with Gasteiger partial charge in [-0.15, -0.1) is 0 Å². The highest BCUT2D eigenvalue weighted by atomic mass is 79.9. The number of nitrogens with one attached hydrogen (secondary N) is 1. The fraction of sp³-hybridized carbons (Fsp3) is 0.600. The standard InChI is InChI=1S/C15H20BrNO2/c1-9-5-11(8-19-9)14(17-2)13-7-12(16)6-10-3-4-18-15(10)13/h6-7,9,11,14,17H,3-5,8H2,1-2H3. The summed E-state index contributed by atoms with van der Waals surface area (Å²) in [6, 6.07) is 4.66. The summed E-state index contributed by atoms with van der Waals surface area (Å²) in [6.07, 6.45) is 2.48. The molecule has 2 aliphatic rings. The van der Waals surface area contributed by atoms with Gasteiger partial charge in [-0.3, -0.25) is 0 Å². The predicted molar refractivity (Wildman–Crippen MR) is 78.7 cm³/mol. The van der Waals surface area contributed by atoms with Crippen molar-refractivity contribution in [3.8, 4) is 5.75 Å². The maximum Gasteiger partial charge on any atom is 0.127 e. The molecule has 104 valence electrons. The molecule has 0 spiro atoms.